The van der Waals surface area contributed by atoms with Gasteiger partial charge in [-0.1, -0.05) is 0 Å². The molecule has 0 aromatic rings. The highest BCUT2D eigenvalue weighted by atomic mass is 16.4. The molecule has 92 valence electrons. The van der Waals surface area contributed by atoms with Crippen LogP contribution in [-0.2, 0) is 9.59 Å². The van der Waals surface area contributed by atoms with Gasteiger partial charge in [0.1, 0.15) is 0 Å². The Bertz CT molecular complexity index is 223. The van der Waals surface area contributed by atoms with Crippen LogP contribution in [0.1, 0.15) is 19.3 Å². The molecule has 0 radical (unpaired) electrons. The lowest BCUT2D eigenvalue weighted by atomic mass is 10.0. The van der Waals surface area contributed by atoms with E-state index in [-0.39, 0.29) is 19.0 Å². The van der Waals surface area contributed by atoms with Crippen LogP contribution in [0.25, 0.3) is 0 Å². The van der Waals surface area contributed by atoms with Gasteiger partial charge in [0.05, 0.1) is 13.0 Å². The van der Waals surface area contributed by atoms with E-state index in [1.54, 1.807) is 0 Å². The lowest BCUT2D eigenvalue weighted by Crippen LogP contribution is -2.43. The van der Waals surface area contributed by atoms with Crippen LogP contribution in [0.5, 0.6) is 0 Å². The minimum atomic E-state index is -0.718. The highest BCUT2D eigenvalue weighted by Crippen LogP contribution is 2.05. The molecule has 0 aliphatic carbocycles. The quantitative estimate of drug-likeness (QED) is 0.609. The SMILES string of the molecule is O=C(O)CC1CCN1.O=C(O)CN1CCC1. The van der Waals surface area contributed by atoms with Gasteiger partial charge in [0.2, 0.25) is 0 Å². The first kappa shape index (κ1) is 12.9. The van der Waals surface area contributed by atoms with Gasteiger partial charge in [-0.2, -0.15) is 0 Å². The number of carbonyl (C=O) groups is 2. The van der Waals surface area contributed by atoms with Crippen LogP contribution in [0.4, 0.5) is 0 Å². The topological polar surface area (TPSA) is 89.9 Å². The standard InChI is InChI=1S/2C5H9NO2/c7-5(8)3-4-1-2-6-4;7-5(8)4-6-2-1-3-6/h4,6H,1-3H2,(H,7,8);1-4H2,(H,7,8). The summed E-state index contributed by atoms with van der Waals surface area (Å²) >= 11 is 0. The summed E-state index contributed by atoms with van der Waals surface area (Å²) in [5.74, 6) is -1.42. The van der Waals surface area contributed by atoms with Gasteiger partial charge in [0.25, 0.3) is 0 Å². The molecule has 0 aromatic heterocycles. The van der Waals surface area contributed by atoms with Crippen LogP contribution in [0.2, 0.25) is 0 Å². The van der Waals surface area contributed by atoms with Gasteiger partial charge in [-0.25, -0.2) is 0 Å². The van der Waals surface area contributed by atoms with Crippen LogP contribution >= 0.6 is 0 Å². The molecule has 16 heavy (non-hydrogen) atoms. The van der Waals surface area contributed by atoms with E-state index in [0.29, 0.717) is 0 Å². The highest BCUT2D eigenvalue weighted by molar-refractivity contribution is 5.69. The third kappa shape index (κ3) is 5.09. The molecule has 2 fully saturated rings. The van der Waals surface area contributed by atoms with E-state index < -0.39 is 11.9 Å². The Morgan fingerprint density at radius 3 is 2.00 bits per heavy atom. The normalized spacial score (nSPS) is 23.4. The minimum absolute atomic E-state index is 0.222. The Hall–Kier alpha value is -1.14. The van der Waals surface area contributed by atoms with Crippen molar-refractivity contribution >= 4 is 11.9 Å². The lowest BCUT2D eigenvalue weighted by molar-refractivity contribution is -0.139. The largest absolute Gasteiger partial charge is 0.481 e. The van der Waals surface area contributed by atoms with Crippen molar-refractivity contribution in [2.45, 2.75) is 25.3 Å². The zero-order valence-corrected chi connectivity index (χ0v) is 9.19. The highest BCUT2D eigenvalue weighted by Gasteiger charge is 2.18. The molecule has 2 aliphatic heterocycles. The molecular weight excluding hydrogens is 212 g/mol. The summed E-state index contributed by atoms with van der Waals surface area (Å²) < 4.78 is 0. The zero-order chi connectivity index (χ0) is 12.0. The van der Waals surface area contributed by atoms with Crippen molar-refractivity contribution < 1.29 is 19.8 Å². The number of carboxylic acid groups (broad SMARTS) is 2. The molecule has 0 bridgehead atoms. The number of hydrogen-bond acceptors (Lipinski definition) is 4. The molecule has 1 unspecified atom stereocenters. The molecule has 2 rings (SSSR count). The number of nitrogens with one attached hydrogen (secondary N) is 1. The molecule has 0 spiro atoms. The van der Waals surface area contributed by atoms with Gasteiger partial charge >= 0.3 is 11.9 Å². The molecule has 2 saturated heterocycles. The predicted octanol–water partition coefficient (Wildman–Crippen LogP) is -0.400. The summed E-state index contributed by atoms with van der Waals surface area (Å²) in [6, 6.07) is 0.257. The molecule has 2 heterocycles. The zero-order valence-electron chi connectivity index (χ0n) is 9.19. The van der Waals surface area contributed by atoms with E-state index in [0.717, 1.165) is 32.5 Å². The number of hydrogen-bond donors (Lipinski definition) is 3. The van der Waals surface area contributed by atoms with Crippen LogP contribution in [0, 0.1) is 0 Å². The average Bonchev–Trinajstić information content (AvgIpc) is 2.05. The predicted molar refractivity (Wildman–Crippen MR) is 57.4 cm³/mol. The van der Waals surface area contributed by atoms with Gasteiger partial charge in [-0.3, -0.25) is 14.5 Å². The van der Waals surface area contributed by atoms with Crippen molar-refractivity contribution in [1.82, 2.24) is 10.2 Å². The number of nitrogens with zero attached hydrogens (tertiary/aromatic N) is 1. The summed E-state index contributed by atoms with van der Waals surface area (Å²) in [5.41, 5.74) is 0. The number of likely N-dealkylation sites (tertiary alicyclic amines) is 1. The van der Waals surface area contributed by atoms with E-state index >= 15 is 0 Å². The number of rotatable bonds is 4. The van der Waals surface area contributed by atoms with E-state index in [9.17, 15) is 9.59 Å². The third-order valence-electron chi connectivity index (χ3n) is 2.65. The summed E-state index contributed by atoms with van der Waals surface area (Å²) in [6.07, 6.45) is 2.46. The van der Waals surface area contributed by atoms with Gasteiger partial charge in [-0.05, 0) is 32.5 Å². The first-order valence-electron chi connectivity index (χ1n) is 5.47. The second kappa shape index (κ2) is 6.44. The van der Waals surface area contributed by atoms with E-state index in [4.69, 9.17) is 10.2 Å². The van der Waals surface area contributed by atoms with Crippen molar-refractivity contribution in [3.63, 3.8) is 0 Å². The Morgan fingerprint density at radius 2 is 1.88 bits per heavy atom. The second-order valence-electron chi connectivity index (χ2n) is 4.06. The first-order valence-corrected chi connectivity index (χ1v) is 5.47. The lowest BCUT2D eigenvalue weighted by Gasteiger charge is -2.28. The summed E-state index contributed by atoms with van der Waals surface area (Å²) in [6.45, 7) is 3.14. The Balaban J connectivity index is 0.000000160. The maximum Gasteiger partial charge on any atom is 0.317 e. The molecule has 0 aromatic carbocycles. The van der Waals surface area contributed by atoms with Crippen molar-refractivity contribution in [3.05, 3.63) is 0 Å². The average molecular weight is 230 g/mol. The molecule has 2 aliphatic rings. The summed E-state index contributed by atoms with van der Waals surface area (Å²) in [5, 5.41) is 19.4. The number of aliphatic carboxylic acids is 2. The fraction of sp³-hybridized carbons (Fsp3) is 0.800. The monoisotopic (exact) mass is 230 g/mol. The summed E-state index contributed by atoms with van der Waals surface area (Å²) in [7, 11) is 0. The van der Waals surface area contributed by atoms with Gasteiger partial charge in [0, 0.05) is 6.04 Å². The van der Waals surface area contributed by atoms with Crippen LogP contribution in [-0.4, -0.2) is 59.3 Å². The van der Waals surface area contributed by atoms with Crippen molar-refractivity contribution in [3.8, 4) is 0 Å². The second-order valence-corrected chi connectivity index (χ2v) is 4.06. The van der Waals surface area contributed by atoms with Crippen LogP contribution in [0.3, 0.4) is 0 Å². The first-order chi connectivity index (χ1) is 7.58. The van der Waals surface area contributed by atoms with E-state index in [2.05, 4.69) is 5.32 Å². The fourth-order valence-electron chi connectivity index (χ4n) is 1.46. The minimum Gasteiger partial charge on any atom is -0.481 e. The van der Waals surface area contributed by atoms with Crippen LogP contribution < -0.4 is 5.32 Å². The van der Waals surface area contributed by atoms with Gasteiger partial charge in [0.15, 0.2) is 0 Å². The van der Waals surface area contributed by atoms with Gasteiger partial charge < -0.3 is 15.5 Å². The summed E-state index contributed by atoms with van der Waals surface area (Å²) in [4.78, 5) is 21.8. The maximum atomic E-state index is 9.96. The maximum absolute atomic E-state index is 9.96. The number of carboxylic acids is 2. The van der Waals surface area contributed by atoms with Crippen molar-refractivity contribution in [1.29, 1.82) is 0 Å². The molecule has 0 amide bonds. The third-order valence-corrected chi connectivity index (χ3v) is 2.65. The van der Waals surface area contributed by atoms with Crippen molar-refractivity contribution in [2.75, 3.05) is 26.2 Å². The smallest absolute Gasteiger partial charge is 0.317 e. The Morgan fingerprint density at radius 1 is 1.25 bits per heavy atom. The molecular formula is C10H18N2O4. The Kier molecular flexibility index (Phi) is 5.21. The van der Waals surface area contributed by atoms with E-state index in [1.165, 1.54) is 0 Å². The molecule has 6 nitrogen and oxygen atoms in total. The van der Waals surface area contributed by atoms with Crippen LogP contribution in [0.15, 0.2) is 0 Å². The molecule has 3 N–H and O–H groups in total. The van der Waals surface area contributed by atoms with Crippen molar-refractivity contribution in [2.24, 2.45) is 0 Å². The Labute approximate surface area is 94.2 Å². The molecule has 6 heteroatoms. The van der Waals surface area contributed by atoms with Gasteiger partial charge in [-0.15, -0.1) is 0 Å². The molecule has 1 atom stereocenters. The fourth-order valence-corrected chi connectivity index (χ4v) is 1.46. The molecule has 0 saturated carbocycles. The van der Waals surface area contributed by atoms with E-state index in [1.807, 2.05) is 4.90 Å².